The van der Waals surface area contributed by atoms with Crippen molar-refractivity contribution in [2.24, 2.45) is 0 Å². The Hall–Kier alpha value is -3.65. The maximum Gasteiger partial charge on any atom is 0.345 e. The van der Waals surface area contributed by atoms with Crippen LogP contribution in [0.15, 0.2) is 63.1 Å². The minimum Gasteiger partial charge on any atom is -0.495 e. The molecule has 0 radical (unpaired) electrons. The summed E-state index contributed by atoms with van der Waals surface area (Å²) in [5.74, 6) is 0.119. The molecular weight excluding hydrogens is 392 g/mol. The van der Waals surface area contributed by atoms with Crippen LogP contribution in [0.5, 0.6) is 5.75 Å². The van der Waals surface area contributed by atoms with Crippen molar-refractivity contribution >= 4 is 39.1 Å². The lowest BCUT2D eigenvalue weighted by atomic mass is 10.1. The fraction of sp³-hybridized carbons (Fsp3) is 0.0952. The summed E-state index contributed by atoms with van der Waals surface area (Å²) in [6, 6.07) is 14.1. The molecule has 0 unspecified atom stereocenters. The van der Waals surface area contributed by atoms with E-state index in [9.17, 15) is 9.59 Å². The SMILES string of the molecule is COC(=O)c1cccc2cc(-c3csc(Nc4ccccc4OC)n3)c(=O)oc12. The van der Waals surface area contributed by atoms with Gasteiger partial charge in [-0.25, -0.2) is 14.6 Å². The number of carbonyl (C=O) groups is 1. The molecule has 0 aliphatic carbocycles. The summed E-state index contributed by atoms with van der Waals surface area (Å²) >= 11 is 1.35. The van der Waals surface area contributed by atoms with E-state index in [0.717, 1.165) is 5.69 Å². The monoisotopic (exact) mass is 408 g/mol. The maximum atomic E-state index is 12.6. The zero-order chi connectivity index (χ0) is 20.4. The molecule has 0 spiro atoms. The summed E-state index contributed by atoms with van der Waals surface area (Å²) in [5, 5.41) is 6.16. The van der Waals surface area contributed by atoms with Gasteiger partial charge < -0.3 is 19.2 Å². The molecule has 0 amide bonds. The molecule has 4 rings (SSSR count). The van der Waals surface area contributed by atoms with Crippen LogP contribution in [0, 0.1) is 0 Å². The molecule has 0 saturated heterocycles. The smallest absolute Gasteiger partial charge is 0.345 e. The van der Waals surface area contributed by atoms with Crippen LogP contribution >= 0.6 is 11.3 Å². The van der Waals surface area contributed by atoms with E-state index in [1.54, 1.807) is 36.8 Å². The molecule has 29 heavy (non-hydrogen) atoms. The molecule has 7 nitrogen and oxygen atoms in total. The predicted molar refractivity (Wildman–Crippen MR) is 111 cm³/mol. The van der Waals surface area contributed by atoms with Gasteiger partial charge in [0.1, 0.15) is 11.3 Å². The molecule has 2 heterocycles. The number of hydrogen-bond donors (Lipinski definition) is 1. The molecule has 0 saturated carbocycles. The number of thiazole rings is 1. The van der Waals surface area contributed by atoms with Crippen molar-refractivity contribution in [2.75, 3.05) is 19.5 Å². The number of anilines is 2. The van der Waals surface area contributed by atoms with Crippen LogP contribution in [-0.2, 0) is 4.74 Å². The number of esters is 1. The van der Waals surface area contributed by atoms with Gasteiger partial charge in [0.05, 0.1) is 31.2 Å². The van der Waals surface area contributed by atoms with Gasteiger partial charge in [-0.1, -0.05) is 24.3 Å². The molecule has 0 atom stereocenters. The van der Waals surface area contributed by atoms with E-state index < -0.39 is 11.6 Å². The third-order valence-corrected chi connectivity index (χ3v) is 5.05. The second-order valence-electron chi connectivity index (χ2n) is 6.03. The Morgan fingerprint density at radius 1 is 1.14 bits per heavy atom. The normalized spacial score (nSPS) is 10.7. The number of rotatable bonds is 5. The summed E-state index contributed by atoms with van der Waals surface area (Å²) in [7, 11) is 2.87. The van der Waals surface area contributed by atoms with E-state index >= 15 is 0 Å². The van der Waals surface area contributed by atoms with Gasteiger partial charge in [-0.2, -0.15) is 0 Å². The van der Waals surface area contributed by atoms with Gasteiger partial charge in [0.15, 0.2) is 10.7 Å². The number of nitrogens with zero attached hydrogens (tertiary/aromatic N) is 1. The van der Waals surface area contributed by atoms with E-state index in [4.69, 9.17) is 13.9 Å². The van der Waals surface area contributed by atoms with E-state index in [1.807, 2.05) is 24.3 Å². The quantitative estimate of drug-likeness (QED) is 0.385. The fourth-order valence-corrected chi connectivity index (χ4v) is 3.63. The van der Waals surface area contributed by atoms with Crippen LogP contribution in [-0.4, -0.2) is 25.2 Å². The van der Waals surface area contributed by atoms with Gasteiger partial charge in [0, 0.05) is 10.8 Å². The number of hydrogen-bond acceptors (Lipinski definition) is 8. The van der Waals surface area contributed by atoms with E-state index in [2.05, 4.69) is 10.3 Å². The van der Waals surface area contributed by atoms with Crippen molar-refractivity contribution in [3.63, 3.8) is 0 Å². The van der Waals surface area contributed by atoms with Crippen LogP contribution in [0.25, 0.3) is 22.2 Å². The molecule has 0 fully saturated rings. The number of aromatic nitrogens is 1. The third kappa shape index (κ3) is 3.57. The first-order valence-corrected chi connectivity index (χ1v) is 9.50. The average Bonchev–Trinajstić information content (AvgIpc) is 3.21. The maximum absolute atomic E-state index is 12.6. The zero-order valence-electron chi connectivity index (χ0n) is 15.6. The molecule has 2 aromatic heterocycles. The van der Waals surface area contributed by atoms with Gasteiger partial charge in [-0.15, -0.1) is 11.3 Å². The number of nitrogens with one attached hydrogen (secondary N) is 1. The number of benzene rings is 2. The second-order valence-corrected chi connectivity index (χ2v) is 6.88. The van der Waals surface area contributed by atoms with Crippen LogP contribution in [0.1, 0.15) is 10.4 Å². The highest BCUT2D eigenvalue weighted by atomic mass is 32.1. The lowest BCUT2D eigenvalue weighted by molar-refractivity contribution is 0.0601. The summed E-state index contributed by atoms with van der Waals surface area (Å²) in [4.78, 5) is 29.0. The minimum atomic E-state index is -0.581. The second kappa shape index (κ2) is 7.76. The highest BCUT2D eigenvalue weighted by Crippen LogP contribution is 2.31. The Morgan fingerprint density at radius 3 is 2.76 bits per heavy atom. The molecule has 0 aliphatic heterocycles. The molecule has 4 aromatic rings. The van der Waals surface area contributed by atoms with Crippen LogP contribution in [0.3, 0.4) is 0 Å². The van der Waals surface area contributed by atoms with Crippen molar-refractivity contribution in [1.29, 1.82) is 0 Å². The van der Waals surface area contributed by atoms with Gasteiger partial charge in [0.2, 0.25) is 0 Å². The van der Waals surface area contributed by atoms with Crippen molar-refractivity contribution in [3.05, 3.63) is 69.9 Å². The molecule has 0 bridgehead atoms. The van der Waals surface area contributed by atoms with Crippen molar-refractivity contribution in [2.45, 2.75) is 0 Å². The Labute approximate surface area is 169 Å². The lowest BCUT2D eigenvalue weighted by Gasteiger charge is -2.08. The van der Waals surface area contributed by atoms with Gasteiger partial charge in [-0.3, -0.25) is 0 Å². The van der Waals surface area contributed by atoms with Gasteiger partial charge >= 0.3 is 11.6 Å². The van der Waals surface area contributed by atoms with E-state index in [1.165, 1.54) is 18.4 Å². The number of para-hydroxylation sites is 3. The molecule has 8 heteroatoms. The Kier molecular flexibility index (Phi) is 5.01. The van der Waals surface area contributed by atoms with Gasteiger partial charge in [-0.05, 0) is 24.3 Å². The summed E-state index contributed by atoms with van der Waals surface area (Å²) < 4.78 is 15.5. The highest BCUT2D eigenvalue weighted by molar-refractivity contribution is 7.14. The number of carbonyl (C=O) groups excluding carboxylic acids is 1. The summed E-state index contributed by atoms with van der Waals surface area (Å²) in [5.41, 5.74) is 1.36. The van der Waals surface area contributed by atoms with Crippen LogP contribution in [0.4, 0.5) is 10.8 Å². The lowest BCUT2D eigenvalue weighted by Crippen LogP contribution is -2.07. The molecule has 1 N–H and O–H groups in total. The topological polar surface area (TPSA) is 90.7 Å². The zero-order valence-corrected chi connectivity index (χ0v) is 16.4. The van der Waals surface area contributed by atoms with E-state index in [-0.39, 0.29) is 11.1 Å². The predicted octanol–water partition coefficient (Wildman–Crippen LogP) is 4.46. The molecule has 2 aromatic carbocycles. The van der Waals surface area contributed by atoms with Crippen molar-refractivity contribution in [3.8, 4) is 17.0 Å². The van der Waals surface area contributed by atoms with Gasteiger partial charge in [0.25, 0.3) is 0 Å². The fourth-order valence-electron chi connectivity index (χ4n) is 2.91. The largest absolute Gasteiger partial charge is 0.495 e. The van der Waals surface area contributed by atoms with Crippen LogP contribution < -0.4 is 15.7 Å². The number of methoxy groups -OCH3 is 2. The Bertz CT molecular complexity index is 1260. The number of ether oxygens (including phenoxy) is 2. The minimum absolute atomic E-state index is 0.190. The first-order valence-electron chi connectivity index (χ1n) is 8.62. The average molecular weight is 408 g/mol. The standard InChI is InChI=1S/C21H16N2O5S/c1-26-17-9-4-3-8-15(17)22-21-23-16(11-29-21)14-10-12-6-5-7-13(19(24)27-2)18(12)28-20(14)25/h3-11H,1-2H3,(H,22,23). The Balaban J connectivity index is 1.72. The molecule has 146 valence electrons. The van der Waals surface area contributed by atoms with Crippen molar-refractivity contribution in [1.82, 2.24) is 4.98 Å². The first-order chi connectivity index (χ1) is 14.1. The third-order valence-electron chi connectivity index (χ3n) is 4.29. The van der Waals surface area contributed by atoms with E-state index in [0.29, 0.717) is 27.5 Å². The van der Waals surface area contributed by atoms with Crippen molar-refractivity contribution < 1.29 is 18.7 Å². The molecule has 0 aliphatic rings. The highest BCUT2D eigenvalue weighted by Gasteiger charge is 2.17. The first kappa shape index (κ1) is 18.7. The summed E-state index contributed by atoms with van der Waals surface area (Å²) in [6.07, 6.45) is 0. The Morgan fingerprint density at radius 2 is 1.97 bits per heavy atom. The molecular formula is C21H16N2O5S. The van der Waals surface area contributed by atoms with Crippen LogP contribution in [0.2, 0.25) is 0 Å². The summed E-state index contributed by atoms with van der Waals surface area (Å²) in [6.45, 7) is 0. The number of fused-ring (bicyclic) bond motifs is 1.